The van der Waals surface area contributed by atoms with Gasteiger partial charge >= 0.3 is 0 Å². The third-order valence-corrected chi connectivity index (χ3v) is 3.75. The molecule has 1 amide bonds. The predicted molar refractivity (Wildman–Crippen MR) is 78.3 cm³/mol. The van der Waals surface area contributed by atoms with E-state index >= 15 is 0 Å². The highest BCUT2D eigenvalue weighted by molar-refractivity contribution is 9.10. The molecule has 18 heavy (non-hydrogen) atoms. The summed E-state index contributed by atoms with van der Waals surface area (Å²) < 4.78 is 0.835. The fourth-order valence-corrected chi connectivity index (χ4v) is 2.17. The van der Waals surface area contributed by atoms with E-state index in [1.54, 1.807) is 6.07 Å². The number of hydrogen-bond donors (Lipinski definition) is 1. The molecule has 0 aliphatic heterocycles. The van der Waals surface area contributed by atoms with E-state index in [4.69, 9.17) is 11.6 Å². The number of benzene rings is 2. The maximum atomic E-state index is 12.1. The van der Waals surface area contributed by atoms with E-state index in [1.807, 2.05) is 43.3 Å². The van der Waals surface area contributed by atoms with Crippen LogP contribution in [0.15, 0.2) is 46.9 Å². The maximum Gasteiger partial charge on any atom is 0.257 e. The summed E-state index contributed by atoms with van der Waals surface area (Å²) in [4.78, 5) is 12.1. The number of carbonyl (C=O) groups excluding carboxylic acids is 1. The Labute approximate surface area is 119 Å². The summed E-state index contributed by atoms with van der Waals surface area (Å²) >= 11 is 9.50. The van der Waals surface area contributed by atoms with E-state index in [-0.39, 0.29) is 5.91 Å². The second-order valence-electron chi connectivity index (χ2n) is 3.87. The number of aryl methyl sites for hydroxylation is 1. The Morgan fingerprint density at radius 3 is 2.61 bits per heavy atom. The highest BCUT2D eigenvalue weighted by Gasteiger charge is 2.12. The van der Waals surface area contributed by atoms with Crippen molar-refractivity contribution in [2.24, 2.45) is 0 Å². The summed E-state index contributed by atoms with van der Waals surface area (Å²) in [6, 6.07) is 12.8. The Hall–Kier alpha value is -1.32. The van der Waals surface area contributed by atoms with E-state index in [9.17, 15) is 4.79 Å². The molecule has 0 heterocycles. The number of nitrogens with one attached hydrogen (secondary N) is 1. The van der Waals surface area contributed by atoms with Crippen LogP contribution >= 0.6 is 27.5 Å². The van der Waals surface area contributed by atoms with E-state index in [0.29, 0.717) is 10.6 Å². The first-order valence-corrected chi connectivity index (χ1v) is 6.57. The van der Waals surface area contributed by atoms with Gasteiger partial charge in [-0.15, -0.1) is 0 Å². The quantitative estimate of drug-likeness (QED) is 0.855. The van der Waals surface area contributed by atoms with Gasteiger partial charge in [-0.2, -0.15) is 0 Å². The lowest BCUT2D eigenvalue weighted by molar-refractivity contribution is 0.102. The summed E-state index contributed by atoms with van der Waals surface area (Å²) in [5.74, 6) is -0.212. The second kappa shape index (κ2) is 5.55. The summed E-state index contributed by atoms with van der Waals surface area (Å²) in [7, 11) is 0. The van der Waals surface area contributed by atoms with Gasteiger partial charge in [0.1, 0.15) is 0 Å². The Kier molecular flexibility index (Phi) is 4.04. The van der Waals surface area contributed by atoms with Crippen LogP contribution < -0.4 is 5.32 Å². The lowest BCUT2D eigenvalue weighted by Gasteiger charge is -2.09. The lowest BCUT2D eigenvalue weighted by Crippen LogP contribution is -2.13. The van der Waals surface area contributed by atoms with Crippen molar-refractivity contribution in [1.82, 2.24) is 0 Å². The first-order valence-electron chi connectivity index (χ1n) is 5.40. The molecule has 1 N–H and O–H groups in total. The molecular weight excluding hydrogens is 314 g/mol. The normalized spacial score (nSPS) is 10.2. The van der Waals surface area contributed by atoms with Gasteiger partial charge in [0.05, 0.1) is 16.3 Å². The van der Waals surface area contributed by atoms with Crippen molar-refractivity contribution in [2.45, 2.75) is 6.92 Å². The van der Waals surface area contributed by atoms with E-state index in [0.717, 1.165) is 15.7 Å². The van der Waals surface area contributed by atoms with Crippen molar-refractivity contribution in [2.75, 3.05) is 5.32 Å². The third kappa shape index (κ3) is 2.74. The number of amides is 1. The van der Waals surface area contributed by atoms with Gasteiger partial charge in [-0.05, 0) is 46.6 Å². The van der Waals surface area contributed by atoms with Crippen molar-refractivity contribution in [3.63, 3.8) is 0 Å². The molecule has 0 spiro atoms. The number of anilines is 1. The highest BCUT2D eigenvalue weighted by Crippen LogP contribution is 2.24. The minimum absolute atomic E-state index is 0.212. The monoisotopic (exact) mass is 323 g/mol. The van der Waals surface area contributed by atoms with Gasteiger partial charge in [0.15, 0.2) is 0 Å². The topological polar surface area (TPSA) is 29.1 Å². The molecule has 2 aromatic rings. The van der Waals surface area contributed by atoms with Gasteiger partial charge in [0, 0.05) is 4.47 Å². The Balaban J connectivity index is 2.28. The average Bonchev–Trinajstić information content (AvgIpc) is 2.35. The fourth-order valence-electron chi connectivity index (χ4n) is 1.58. The van der Waals surface area contributed by atoms with E-state index in [2.05, 4.69) is 21.2 Å². The molecule has 0 radical (unpaired) electrons. The molecule has 2 rings (SSSR count). The molecule has 0 bridgehead atoms. The second-order valence-corrected chi connectivity index (χ2v) is 5.10. The first kappa shape index (κ1) is 13.1. The largest absolute Gasteiger partial charge is 0.321 e. The number of halogens is 2. The van der Waals surface area contributed by atoms with Crippen molar-refractivity contribution in [3.8, 4) is 0 Å². The molecule has 2 aromatic carbocycles. The summed E-state index contributed by atoms with van der Waals surface area (Å²) in [6.45, 7) is 1.87. The third-order valence-electron chi connectivity index (χ3n) is 2.56. The van der Waals surface area contributed by atoms with Crippen molar-refractivity contribution >= 4 is 39.1 Å². The molecule has 0 unspecified atom stereocenters. The average molecular weight is 325 g/mol. The van der Waals surface area contributed by atoms with Gasteiger partial charge in [-0.25, -0.2) is 0 Å². The van der Waals surface area contributed by atoms with Crippen molar-refractivity contribution < 1.29 is 4.79 Å². The van der Waals surface area contributed by atoms with Crippen LogP contribution in [0.25, 0.3) is 0 Å². The predicted octanol–water partition coefficient (Wildman–Crippen LogP) is 4.66. The molecule has 4 heteroatoms. The minimum atomic E-state index is -0.212. The molecule has 0 atom stereocenters. The maximum absolute atomic E-state index is 12.1. The van der Waals surface area contributed by atoms with Crippen LogP contribution in [0.5, 0.6) is 0 Å². The first-order chi connectivity index (χ1) is 8.59. The smallest absolute Gasteiger partial charge is 0.257 e. The molecule has 0 aromatic heterocycles. The van der Waals surface area contributed by atoms with Crippen LogP contribution in [-0.4, -0.2) is 5.91 Å². The Bertz CT molecular complexity index is 598. The Morgan fingerprint density at radius 1 is 1.17 bits per heavy atom. The summed E-state index contributed by atoms with van der Waals surface area (Å²) in [5.41, 5.74) is 2.09. The van der Waals surface area contributed by atoms with Crippen LogP contribution in [0, 0.1) is 6.92 Å². The molecule has 2 nitrogen and oxygen atoms in total. The molecule has 92 valence electrons. The standard InChI is InChI=1S/C14H11BrClNO/c1-9-5-4-6-10(13(9)16)14(18)17-12-8-3-2-7-11(12)15/h2-8H,1H3,(H,17,18). The van der Waals surface area contributed by atoms with Crippen LogP contribution in [0.3, 0.4) is 0 Å². The van der Waals surface area contributed by atoms with E-state index < -0.39 is 0 Å². The zero-order valence-corrected chi connectivity index (χ0v) is 12.0. The van der Waals surface area contributed by atoms with Crippen LogP contribution in [0.2, 0.25) is 5.02 Å². The fraction of sp³-hybridized carbons (Fsp3) is 0.0714. The zero-order chi connectivity index (χ0) is 13.1. The summed E-state index contributed by atoms with van der Waals surface area (Å²) in [5, 5.41) is 3.31. The number of hydrogen-bond acceptors (Lipinski definition) is 1. The van der Waals surface area contributed by atoms with Gasteiger partial charge in [0.25, 0.3) is 5.91 Å². The SMILES string of the molecule is Cc1cccc(C(=O)Nc2ccccc2Br)c1Cl. The number of rotatable bonds is 2. The molecular formula is C14H11BrClNO. The van der Waals surface area contributed by atoms with Gasteiger partial charge in [0.2, 0.25) is 0 Å². The molecule has 0 aliphatic carbocycles. The molecule has 0 saturated heterocycles. The Morgan fingerprint density at radius 2 is 1.89 bits per heavy atom. The molecule has 0 fully saturated rings. The highest BCUT2D eigenvalue weighted by atomic mass is 79.9. The van der Waals surface area contributed by atoms with Crippen LogP contribution in [-0.2, 0) is 0 Å². The van der Waals surface area contributed by atoms with Crippen molar-refractivity contribution in [1.29, 1.82) is 0 Å². The lowest BCUT2D eigenvalue weighted by atomic mass is 10.1. The van der Waals surface area contributed by atoms with Gasteiger partial charge < -0.3 is 5.32 Å². The van der Waals surface area contributed by atoms with E-state index in [1.165, 1.54) is 0 Å². The number of carbonyl (C=O) groups is 1. The minimum Gasteiger partial charge on any atom is -0.321 e. The van der Waals surface area contributed by atoms with Crippen LogP contribution in [0.1, 0.15) is 15.9 Å². The zero-order valence-electron chi connectivity index (χ0n) is 9.71. The molecule has 0 saturated carbocycles. The number of para-hydroxylation sites is 1. The van der Waals surface area contributed by atoms with Gasteiger partial charge in [-0.1, -0.05) is 35.9 Å². The van der Waals surface area contributed by atoms with Crippen molar-refractivity contribution in [3.05, 3.63) is 63.1 Å². The summed E-state index contributed by atoms with van der Waals surface area (Å²) in [6.07, 6.45) is 0. The van der Waals surface area contributed by atoms with Crippen LogP contribution in [0.4, 0.5) is 5.69 Å². The molecule has 0 aliphatic rings. The van der Waals surface area contributed by atoms with Gasteiger partial charge in [-0.3, -0.25) is 4.79 Å².